The Morgan fingerprint density at radius 2 is 1.37 bits per heavy atom. The number of benzene rings is 5. The van der Waals surface area contributed by atoms with Crippen LogP contribution >= 0.6 is 0 Å². The van der Waals surface area contributed by atoms with Gasteiger partial charge in [0.25, 0.3) is 0 Å². The highest BCUT2D eigenvalue weighted by Crippen LogP contribution is 2.45. The zero-order chi connectivity index (χ0) is 24.7. The van der Waals surface area contributed by atoms with E-state index in [9.17, 15) is 5.11 Å². The molecule has 0 saturated heterocycles. The molecule has 0 radical (unpaired) electrons. The summed E-state index contributed by atoms with van der Waals surface area (Å²) in [6.45, 7) is 8.18. The van der Waals surface area contributed by atoms with Gasteiger partial charge in [0.1, 0.15) is 0 Å². The van der Waals surface area contributed by atoms with Gasteiger partial charge in [-0.1, -0.05) is 111 Å². The summed E-state index contributed by atoms with van der Waals surface area (Å²) in [5.74, 6) is 0.0144. The molecule has 3 nitrogen and oxygen atoms in total. The van der Waals surface area contributed by atoms with Gasteiger partial charge < -0.3 is 10.8 Å². The van der Waals surface area contributed by atoms with E-state index in [-0.39, 0.29) is 11.2 Å². The molecule has 5 aromatic rings. The van der Waals surface area contributed by atoms with Gasteiger partial charge in [-0.15, -0.1) is 5.69 Å². The highest BCUT2D eigenvalue weighted by molar-refractivity contribution is 6.13. The Labute approximate surface area is 206 Å². The second-order valence-corrected chi connectivity index (χ2v) is 10.1. The summed E-state index contributed by atoms with van der Waals surface area (Å²) in [6, 6.07) is 28.1. The molecule has 0 atom stereocenters. The standard InChI is InChI=1S/C32H29N2O/c1-20-17-23(31(35)26(18-20)32(2,3)4)19-34-28-16-14-22-10-6-8-12-25(22)30(28)29-24-11-7-5-9-21(24)13-15-27(29)33/h5-19,33H,1-4H3,(H,34,35)/q-1/p-1. The zero-order valence-electron chi connectivity index (χ0n) is 20.5. The third-order valence-corrected chi connectivity index (χ3v) is 6.50. The van der Waals surface area contributed by atoms with Gasteiger partial charge in [-0.05, 0) is 56.6 Å². The van der Waals surface area contributed by atoms with E-state index in [1.165, 1.54) is 0 Å². The van der Waals surface area contributed by atoms with E-state index in [0.717, 1.165) is 49.5 Å². The molecular weight excluding hydrogens is 428 g/mol. The van der Waals surface area contributed by atoms with Gasteiger partial charge in [0, 0.05) is 11.8 Å². The largest absolute Gasteiger partial charge is 0.872 e. The number of fused-ring (bicyclic) bond motifs is 2. The molecule has 0 fully saturated rings. The molecule has 0 bridgehead atoms. The topological polar surface area (TPSA) is 59.2 Å². The van der Waals surface area contributed by atoms with Crippen LogP contribution in [-0.4, -0.2) is 6.21 Å². The van der Waals surface area contributed by atoms with Gasteiger partial charge in [-0.2, -0.15) is 0 Å². The first kappa shape index (κ1) is 22.7. The molecule has 0 spiro atoms. The van der Waals surface area contributed by atoms with Crippen molar-refractivity contribution in [2.24, 2.45) is 4.99 Å². The van der Waals surface area contributed by atoms with Crippen molar-refractivity contribution in [3.63, 3.8) is 0 Å². The molecular formula is C32H28N2O-2. The number of nitrogens with one attached hydrogen (secondary N) is 1. The Morgan fingerprint density at radius 1 is 0.771 bits per heavy atom. The van der Waals surface area contributed by atoms with E-state index in [4.69, 9.17) is 10.7 Å². The van der Waals surface area contributed by atoms with Crippen molar-refractivity contribution in [3.05, 3.63) is 107 Å². The second kappa shape index (κ2) is 8.59. The fourth-order valence-electron chi connectivity index (χ4n) is 4.76. The summed E-state index contributed by atoms with van der Waals surface area (Å²) >= 11 is 0. The molecule has 3 heteroatoms. The van der Waals surface area contributed by atoms with Gasteiger partial charge in [0.2, 0.25) is 0 Å². The molecule has 0 aromatic heterocycles. The minimum Gasteiger partial charge on any atom is -0.872 e. The Morgan fingerprint density at radius 3 is 2.03 bits per heavy atom. The monoisotopic (exact) mass is 456 g/mol. The molecule has 0 amide bonds. The number of hydrogen-bond donors (Lipinski definition) is 0. The van der Waals surface area contributed by atoms with Crippen LogP contribution in [0.5, 0.6) is 5.75 Å². The molecule has 35 heavy (non-hydrogen) atoms. The van der Waals surface area contributed by atoms with Crippen LogP contribution < -0.4 is 5.11 Å². The second-order valence-electron chi connectivity index (χ2n) is 10.1. The lowest BCUT2D eigenvalue weighted by Gasteiger charge is -2.28. The van der Waals surface area contributed by atoms with E-state index in [2.05, 4.69) is 51.1 Å². The van der Waals surface area contributed by atoms with Crippen molar-refractivity contribution in [1.29, 1.82) is 0 Å². The van der Waals surface area contributed by atoms with Gasteiger partial charge in [0.15, 0.2) is 0 Å². The predicted octanol–water partition coefficient (Wildman–Crippen LogP) is 8.77. The van der Waals surface area contributed by atoms with Crippen molar-refractivity contribution >= 4 is 39.1 Å². The molecule has 0 aliphatic carbocycles. The first-order chi connectivity index (χ1) is 16.7. The van der Waals surface area contributed by atoms with Crippen LogP contribution in [0.3, 0.4) is 0 Å². The number of hydrogen-bond acceptors (Lipinski definition) is 2. The molecule has 0 aliphatic rings. The van der Waals surface area contributed by atoms with Crippen LogP contribution in [0.25, 0.3) is 38.4 Å². The average molecular weight is 457 g/mol. The first-order valence-electron chi connectivity index (χ1n) is 11.9. The summed E-state index contributed by atoms with van der Waals surface area (Å²) in [7, 11) is 0. The fourth-order valence-corrected chi connectivity index (χ4v) is 4.76. The van der Waals surface area contributed by atoms with Crippen LogP contribution in [0.1, 0.15) is 37.5 Å². The maximum Gasteiger partial charge on any atom is 0.0714 e. The summed E-state index contributed by atoms with van der Waals surface area (Å²) < 4.78 is 0. The Balaban J connectivity index is 1.77. The van der Waals surface area contributed by atoms with Crippen molar-refractivity contribution in [2.45, 2.75) is 33.1 Å². The van der Waals surface area contributed by atoms with Crippen molar-refractivity contribution in [1.82, 2.24) is 0 Å². The van der Waals surface area contributed by atoms with E-state index in [0.29, 0.717) is 11.3 Å². The quantitative estimate of drug-likeness (QED) is 0.250. The fraction of sp³-hybridized carbons (Fsp3) is 0.156. The van der Waals surface area contributed by atoms with E-state index in [1.807, 2.05) is 61.5 Å². The minimum absolute atomic E-state index is 0.0144. The number of rotatable bonds is 3. The lowest BCUT2D eigenvalue weighted by Crippen LogP contribution is -2.16. The lowest BCUT2D eigenvalue weighted by molar-refractivity contribution is -0.270. The van der Waals surface area contributed by atoms with Crippen LogP contribution in [0.2, 0.25) is 0 Å². The van der Waals surface area contributed by atoms with Crippen LogP contribution in [0, 0.1) is 6.92 Å². The molecule has 0 unspecified atom stereocenters. The van der Waals surface area contributed by atoms with E-state index >= 15 is 0 Å². The average Bonchev–Trinajstić information content (AvgIpc) is 2.83. The highest BCUT2D eigenvalue weighted by atomic mass is 16.3. The lowest BCUT2D eigenvalue weighted by atomic mass is 9.84. The van der Waals surface area contributed by atoms with Crippen LogP contribution in [0.15, 0.2) is 89.9 Å². The number of aryl methyl sites for hydroxylation is 1. The van der Waals surface area contributed by atoms with Crippen LogP contribution in [-0.2, 0) is 5.41 Å². The van der Waals surface area contributed by atoms with Gasteiger partial charge in [0.05, 0.1) is 5.69 Å². The smallest absolute Gasteiger partial charge is 0.0714 e. The summed E-state index contributed by atoms with van der Waals surface area (Å²) in [6.07, 6.45) is 1.69. The van der Waals surface area contributed by atoms with Crippen molar-refractivity contribution < 1.29 is 5.11 Å². The molecule has 0 heterocycles. The molecule has 5 rings (SSSR count). The van der Waals surface area contributed by atoms with Crippen molar-refractivity contribution in [3.8, 4) is 16.9 Å². The molecule has 1 N–H and O–H groups in total. The summed E-state index contributed by atoms with van der Waals surface area (Å²) in [4.78, 5) is 4.87. The molecule has 0 saturated carbocycles. The number of nitrogens with zero attached hydrogens (tertiary/aromatic N) is 1. The zero-order valence-corrected chi connectivity index (χ0v) is 20.5. The number of aliphatic imine (C=N–C) groups is 1. The predicted molar refractivity (Wildman–Crippen MR) is 147 cm³/mol. The maximum absolute atomic E-state index is 13.3. The third kappa shape index (κ3) is 4.15. The van der Waals surface area contributed by atoms with Crippen LogP contribution in [0.4, 0.5) is 11.4 Å². The van der Waals surface area contributed by atoms with E-state index in [1.54, 1.807) is 6.21 Å². The van der Waals surface area contributed by atoms with E-state index < -0.39 is 0 Å². The Bertz CT molecular complexity index is 1610. The third-order valence-electron chi connectivity index (χ3n) is 6.50. The Kier molecular flexibility index (Phi) is 5.56. The molecule has 174 valence electrons. The highest BCUT2D eigenvalue weighted by Gasteiger charge is 2.17. The summed E-state index contributed by atoms with van der Waals surface area (Å²) in [5, 5.41) is 17.5. The first-order valence-corrected chi connectivity index (χ1v) is 11.9. The SMILES string of the molecule is Cc1cc(C=Nc2ccc3ccccc3c2-c2c([NH-])ccc3ccccc23)c([O-])c(C(C)(C)C)c1. The maximum atomic E-state index is 13.3. The Hall–Kier alpha value is -4.11. The van der Waals surface area contributed by atoms with Gasteiger partial charge in [-0.25, -0.2) is 0 Å². The van der Waals surface area contributed by atoms with Gasteiger partial charge in [-0.3, -0.25) is 4.99 Å². The normalized spacial score (nSPS) is 12.1. The van der Waals surface area contributed by atoms with Crippen molar-refractivity contribution in [2.75, 3.05) is 0 Å². The minimum atomic E-state index is -0.247. The summed E-state index contributed by atoms with van der Waals surface area (Å²) in [5.41, 5.74) is 13.9. The molecule has 5 aromatic carbocycles. The van der Waals surface area contributed by atoms with Gasteiger partial charge >= 0.3 is 0 Å². The molecule has 0 aliphatic heterocycles.